The average Bonchev–Trinajstić information content (AvgIpc) is 2.90. The Kier molecular flexibility index (Phi) is 3.41. The third-order valence-electron chi connectivity index (χ3n) is 2.19. The summed E-state index contributed by atoms with van der Waals surface area (Å²) in [6.45, 7) is 2.86. The minimum Gasteiger partial charge on any atom is -0.347 e. The zero-order chi connectivity index (χ0) is 10.5. The van der Waals surface area contributed by atoms with Gasteiger partial charge in [-0.25, -0.2) is 4.98 Å². The second kappa shape index (κ2) is 4.99. The van der Waals surface area contributed by atoms with Crippen LogP contribution in [0.5, 0.6) is 0 Å². The molecule has 0 radical (unpaired) electrons. The first kappa shape index (κ1) is 10.3. The van der Waals surface area contributed by atoms with Crippen LogP contribution in [0.15, 0.2) is 17.8 Å². The van der Waals surface area contributed by atoms with E-state index in [9.17, 15) is 0 Å². The summed E-state index contributed by atoms with van der Waals surface area (Å²) in [6, 6.07) is 0.252. The molecule has 2 aromatic rings. The van der Waals surface area contributed by atoms with Crippen molar-refractivity contribution >= 4 is 11.5 Å². The summed E-state index contributed by atoms with van der Waals surface area (Å²) < 4.78 is 3.82. The lowest BCUT2D eigenvalue weighted by molar-refractivity contribution is 0.493. The van der Waals surface area contributed by atoms with Crippen molar-refractivity contribution in [1.82, 2.24) is 24.9 Å². The van der Waals surface area contributed by atoms with Crippen LogP contribution >= 0.6 is 11.5 Å². The van der Waals surface area contributed by atoms with Crippen molar-refractivity contribution in [3.05, 3.63) is 29.3 Å². The second-order valence-electron chi connectivity index (χ2n) is 3.21. The molecular weight excluding hydrogens is 210 g/mol. The predicted molar refractivity (Wildman–Crippen MR) is 58.4 cm³/mol. The Morgan fingerprint density at radius 2 is 2.53 bits per heavy atom. The molecule has 0 amide bonds. The Balaban J connectivity index is 1.92. The molecule has 2 heterocycles. The van der Waals surface area contributed by atoms with Gasteiger partial charge >= 0.3 is 0 Å². The van der Waals surface area contributed by atoms with Crippen molar-refractivity contribution in [2.45, 2.75) is 25.9 Å². The number of H-pyrrole nitrogens is 1. The first-order valence-electron chi connectivity index (χ1n) is 4.88. The van der Waals surface area contributed by atoms with E-state index >= 15 is 0 Å². The summed E-state index contributed by atoms with van der Waals surface area (Å²) in [7, 11) is 0. The molecule has 2 rings (SSSR count). The predicted octanol–water partition coefficient (Wildman–Crippen LogP) is 1.50. The summed E-state index contributed by atoms with van der Waals surface area (Å²) >= 11 is 1.37. The molecule has 0 spiro atoms. The van der Waals surface area contributed by atoms with Gasteiger partial charge < -0.3 is 10.3 Å². The maximum Gasteiger partial charge on any atom is 0.123 e. The van der Waals surface area contributed by atoms with Gasteiger partial charge in [-0.15, -0.1) is 5.10 Å². The lowest BCUT2D eigenvalue weighted by atomic mass is 10.2. The van der Waals surface area contributed by atoms with E-state index in [1.165, 1.54) is 11.5 Å². The van der Waals surface area contributed by atoms with Crippen LogP contribution in [0, 0.1) is 0 Å². The van der Waals surface area contributed by atoms with Gasteiger partial charge in [0.2, 0.25) is 0 Å². The fourth-order valence-corrected chi connectivity index (χ4v) is 1.84. The summed E-state index contributed by atoms with van der Waals surface area (Å²) in [4.78, 5) is 7.35. The quantitative estimate of drug-likeness (QED) is 0.806. The smallest absolute Gasteiger partial charge is 0.123 e. The van der Waals surface area contributed by atoms with E-state index < -0.39 is 0 Å². The summed E-state index contributed by atoms with van der Waals surface area (Å²) in [5.74, 6) is 0.973. The first-order valence-corrected chi connectivity index (χ1v) is 5.72. The highest BCUT2D eigenvalue weighted by molar-refractivity contribution is 7.03. The number of rotatable bonds is 5. The SMILES string of the molecule is CCC(NCc1csnn1)c1ncc[nH]1. The van der Waals surface area contributed by atoms with Gasteiger partial charge in [-0.1, -0.05) is 11.4 Å². The van der Waals surface area contributed by atoms with Crippen molar-refractivity contribution in [3.8, 4) is 0 Å². The van der Waals surface area contributed by atoms with Crippen LogP contribution in [0.1, 0.15) is 30.9 Å². The maximum absolute atomic E-state index is 4.24. The molecule has 0 saturated heterocycles. The van der Waals surface area contributed by atoms with Crippen LogP contribution < -0.4 is 5.32 Å². The highest BCUT2D eigenvalue weighted by Gasteiger charge is 2.10. The Morgan fingerprint density at radius 3 is 3.13 bits per heavy atom. The van der Waals surface area contributed by atoms with E-state index in [-0.39, 0.29) is 6.04 Å². The normalized spacial score (nSPS) is 12.9. The lowest BCUT2D eigenvalue weighted by Gasteiger charge is -2.13. The molecule has 0 aliphatic rings. The molecule has 80 valence electrons. The standard InChI is InChI=1S/C9H13N5S/c1-2-8(9-10-3-4-11-9)12-5-7-6-15-14-13-7/h3-4,6,8,12H,2,5H2,1H3,(H,10,11). The van der Waals surface area contributed by atoms with Gasteiger partial charge in [0.25, 0.3) is 0 Å². The Morgan fingerprint density at radius 1 is 1.60 bits per heavy atom. The van der Waals surface area contributed by atoms with Crippen molar-refractivity contribution < 1.29 is 0 Å². The van der Waals surface area contributed by atoms with Crippen molar-refractivity contribution in [2.75, 3.05) is 0 Å². The van der Waals surface area contributed by atoms with Crippen LogP contribution in [0.4, 0.5) is 0 Å². The number of nitrogens with zero attached hydrogens (tertiary/aromatic N) is 3. The van der Waals surface area contributed by atoms with Crippen LogP contribution in [0.2, 0.25) is 0 Å². The molecule has 6 heteroatoms. The number of aromatic amines is 1. The van der Waals surface area contributed by atoms with Crippen LogP contribution in [-0.4, -0.2) is 19.6 Å². The van der Waals surface area contributed by atoms with Crippen molar-refractivity contribution in [1.29, 1.82) is 0 Å². The van der Waals surface area contributed by atoms with Gasteiger partial charge in [0.1, 0.15) is 5.82 Å². The van der Waals surface area contributed by atoms with E-state index in [1.54, 1.807) is 6.20 Å². The van der Waals surface area contributed by atoms with Gasteiger partial charge in [0, 0.05) is 24.3 Å². The topological polar surface area (TPSA) is 66.5 Å². The zero-order valence-electron chi connectivity index (χ0n) is 8.47. The molecular formula is C9H13N5S. The van der Waals surface area contributed by atoms with Crippen LogP contribution in [0.3, 0.4) is 0 Å². The highest BCUT2D eigenvalue weighted by Crippen LogP contribution is 2.12. The Hall–Kier alpha value is -1.27. The third-order valence-corrected chi connectivity index (χ3v) is 2.75. The minimum atomic E-state index is 0.252. The van der Waals surface area contributed by atoms with Crippen LogP contribution in [-0.2, 0) is 6.54 Å². The van der Waals surface area contributed by atoms with E-state index in [0.717, 1.165) is 24.5 Å². The van der Waals surface area contributed by atoms with E-state index in [0.29, 0.717) is 0 Å². The van der Waals surface area contributed by atoms with E-state index in [4.69, 9.17) is 0 Å². The number of aromatic nitrogens is 4. The third kappa shape index (κ3) is 2.60. The molecule has 15 heavy (non-hydrogen) atoms. The second-order valence-corrected chi connectivity index (χ2v) is 3.82. The lowest BCUT2D eigenvalue weighted by Crippen LogP contribution is -2.21. The first-order chi connectivity index (χ1) is 7.40. The summed E-state index contributed by atoms with van der Waals surface area (Å²) in [5.41, 5.74) is 0.977. The van der Waals surface area contributed by atoms with E-state index in [2.05, 4.69) is 31.8 Å². The molecule has 0 aromatic carbocycles. The van der Waals surface area contributed by atoms with Gasteiger partial charge in [-0.2, -0.15) is 0 Å². The molecule has 0 aliphatic heterocycles. The molecule has 0 aliphatic carbocycles. The highest BCUT2D eigenvalue weighted by atomic mass is 32.1. The average molecular weight is 223 g/mol. The van der Waals surface area contributed by atoms with Crippen LogP contribution in [0.25, 0.3) is 0 Å². The molecule has 2 aromatic heterocycles. The molecule has 1 atom stereocenters. The van der Waals surface area contributed by atoms with Gasteiger partial charge in [-0.3, -0.25) is 0 Å². The molecule has 0 fully saturated rings. The van der Waals surface area contributed by atoms with Gasteiger partial charge in [0.05, 0.1) is 11.7 Å². The number of imidazole rings is 1. The van der Waals surface area contributed by atoms with Gasteiger partial charge in [0.15, 0.2) is 0 Å². The van der Waals surface area contributed by atoms with Crippen molar-refractivity contribution in [3.63, 3.8) is 0 Å². The van der Waals surface area contributed by atoms with Crippen molar-refractivity contribution in [2.24, 2.45) is 0 Å². The maximum atomic E-state index is 4.24. The number of hydrogen-bond donors (Lipinski definition) is 2. The fourth-order valence-electron chi connectivity index (χ4n) is 1.39. The molecule has 5 nitrogen and oxygen atoms in total. The largest absolute Gasteiger partial charge is 0.347 e. The van der Waals surface area contributed by atoms with E-state index in [1.807, 2.05) is 11.6 Å². The molecule has 2 N–H and O–H groups in total. The van der Waals surface area contributed by atoms with Gasteiger partial charge in [-0.05, 0) is 18.0 Å². The molecule has 0 saturated carbocycles. The summed E-state index contributed by atoms with van der Waals surface area (Å²) in [6.07, 6.45) is 4.60. The monoisotopic (exact) mass is 223 g/mol. The summed E-state index contributed by atoms with van der Waals surface area (Å²) in [5, 5.41) is 9.31. The molecule has 1 unspecified atom stereocenters. The Bertz CT molecular complexity index is 369. The Labute approximate surface area is 92.1 Å². The number of hydrogen-bond acceptors (Lipinski definition) is 5. The fraction of sp³-hybridized carbons (Fsp3) is 0.444. The number of nitrogens with one attached hydrogen (secondary N) is 2. The minimum absolute atomic E-state index is 0.252. The molecule has 0 bridgehead atoms. The zero-order valence-corrected chi connectivity index (χ0v) is 9.29.